The zero-order chi connectivity index (χ0) is 14.0. The first-order chi connectivity index (χ1) is 8.90. The Morgan fingerprint density at radius 3 is 2.37 bits per heavy atom. The van der Waals surface area contributed by atoms with Crippen LogP contribution in [0.5, 0.6) is 0 Å². The second-order valence-corrected chi connectivity index (χ2v) is 7.23. The van der Waals surface area contributed by atoms with E-state index in [9.17, 15) is 8.42 Å². The van der Waals surface area contributed by atoms with E-state index in [2.05, 4.69) is 41.6 Å². The molecule has 0 unspecified atom stereocenters. The molecule has 1 aromatic carbocycles. The summed E-state index contributed by atoms with van der Waals surface area (Å²) >= 11 is 6.61. The van der Waals surface area contributed by atoms with Crippen molar-refractivity contribution >= 4 is 47.6 Å². The zero-order valence-electron chi connectivity index (χ0n) is 9.89. The minimum atomic E-state index is -3.64. The molecule has 1 heterocycles. The van der Waals surface area contributed by atoms with Gasteiger partial charge in [-0.05, 0) is 52.7 Å². The van der Waals surface area contributed by atoms with Crippen molar-refractivity contribution in [3.05, 3.63) is 51.2 Å². The van der Waals surface area contributed by atoms with Crippen molar-refractivity contribution in [3.63, 3.8) is 0 Å². The molecule has 1 aromatic heterocycles. The van der Waals surface area contributed by atoms with E-state index in [-0.39, 0.29) is 4.90 Å². The van der Waals surface area contributed by atoms with Crippen molar-refractivity contribution in [2.75, 3.05) is 4.72 Å². The molecule has 0 saturated heterocycles. The molecule has 0 bridgehead atoms. The number of benzene rings is 1. The highest BCUT2D eigenvalue weighted by molar-refractivity contribution is 9.11. The Kier molecular flexibility index (Phi) is 4.27. The zero-order valence-corrected chi connectivity index (χ0v) is 13.9. The highest BCUT2D eigenvalue weighted by Crippen LogP contribution is 2.29. The first-order valence-corrected chi connectivity index (χ1v) is 8.35. The second kappa shape index (κ2) is 5.60. The molecule has 0 atom stereocenters. The fraction of sp³-hybridized carbons (Fsp3) is 0.0833. The van der Waals surface area contributed by atoms with Crippen LogP contribution in [0, 0.1) is 6.92 Å². The molecule has 1 N–H and O–H groups in total. The highest BCUT2D eigenvalue weighted by Gasteiger charge is 2.19. The molecule has 2 aromatic rings. The molecule has 0 aliphatic carbocycles. The third kappa shape index (κ3) is 3.34. The van der Waals surface area contributed by atoms with Crippen LogP contribution in [0.3, 0.4) is 0 Å². The van der Waals surface area contributed by atoms with Gasteiger partial charge in [-0.25, -0.2) is 8.42 Å². The van der Waals surface area contributed by atoms with Crippen molar-refractivity contribution in [1.29, 1.82) is 0 Å². The van der Waals surface area contributed by atoms with Gasteiger partial charge in [0, 0.05) is 21.3 Å². The molecular formula is C12H10Br2N2O2S. The fourth-order valence-corrected chi connectivity index (χ4v) is 4.20. The number of nitrogens with one attached hydrogen (secondary N) is 1. The molecule has 0 radical (unpaired) electrons. The SMILES string of the molecule is Cc1cc(Br)c(S(=O)(=O)Nc2ccncc2)cc1Br. The number of halogens is 2. The number of aryl methyl sites for hydroxylation is 1. The summed E-state index contributed by atoms with van der Waals surface area (Å²) in [5.41, 5.74) is 1.42. The third-order valence-corrected chi connectivity index (χ3v) is 5.63. The van der Waals surface area contributed by atoms with E-state index in [4.69, 9.17) is 0 Å². The van der Waals surface area contributed by atoms with Gasteiger partial charge in [-0.3, -0.25) is 9.71 Å². The third-order valence-electron chi connectivity index (χ3n) is 2.44. The van der Waals surface area contributed by atoms with Crippen molar-refractivity contribution < 1.29 is 8.42 Å². The summed E-state index contributed by atoms with van der Waals surface area (Å²) in [7, 11) is -3.64. The molecule has 0 saturated carbocycles. The molecule has 2 rings (SSSR count). The summed E-state index contributed by atoms with van der Waals surface area (Å²) < 4.78 is 28.4. The van der Waals surface area contributed by atoms with E-state index >= 15 is 0 Å². The summed E-state index contributed by atoms with van der Waals surface area (Å²) in [6.07, 6.45) is 3.05. The van der Waals surface area contributed by atoms with Crippen LogP contribution >= 0.6 is 31.9 Å². The van der Waals surface area contributed by atoms with E-state index in [0.29, 0.717) is 10.2 Å². The van der Waals surface area contributed by atoms with Gasteiger partial charge in [0.25, 0.3) is 10.0 Å². The Hall–Kier alpha value is -0.920. The Morgan fingerprint density at radius 2 is 1.74 bits per heavy atom. The highest BCUT2D eigenvalue weighted by atomic mass is 79.9. The van der Waals surface area contributed by atoms with Crippen LogP contribution in [0.4, 0.5) is 5.69 Å². The van der Waals surface area contributed by atoms with Crippen LogP contribution in [-0.2, 0) is 10.0 Å². The van der Waals surface area contributed by atoms with E-state index in [1.54, 1.807) is 24.3 Å². The smallest absolute Gasteiger partial charge is 0.263 e. The minimum absolute atomic E-state index is 0.182. The van der Waals surface area contributed by atoms with Crippen LogP contribution in [0.2, 0.25) is 0 Å². The molecule has 0 spiro atoms. The number of hydrogen-bond donors (Lipinski definition) is 1. The van der Waals surface area contributed by atoms with Crippen LogP contribution in [-0.4, -0.2) is 13.4 Å². The van der Waals surface area contributed by atoms with E-state index in [0.717, 1.165) is 10.0 Å². The number of anilines is 1. The maximum Gasteiger partial charge on any atom is 0.263 e. The summed E-state index contributed by atoms with van der Waals surface area (Å²) in [4.78, 5) is 4.02. The first kappa shape index (κ1) is 14.5. The Balaban J connectivity index is 2.43. The summed E-state index contributed by atoms with van der Waals surface area (Å²) in [6, 6.07) is 6.51. The maximum atomic E-state index is 12.3. The Bertz CT molecular complexity index is 703. The Labute approximate surface area is 128 Å². The number of sulfonamides is 1. The van der Waals surface area contributed by atoms with Gasteiger partial charge in [0.05, 0.1) is 5.69 Å². The molecule has 0 aliphatic heterocycles. The van der Waals surface area contributed by atoms with Gasteiger partial charge in [-0.2, -0.15) is 0 Å². The normalized spacial score (nSPS) is 11.3. The van der Waals surface area contributed by atoms with Gasteiger partial charge < -0.3 is 0 Å². The predicted octanol–water partition coefficient (Wildman–Crippen LogP) is 3.72. The quantitative estimate of drug-likeness (QED) is 0.846. The van der Waals surface area contributed by atoms with Gasteiger partial charge >= 0.3 is 0 Å². The first-order valence-electron chi connectivity index (χ1n) is 5.28. The van der Waals surface area contributed by atoms with Gasteiger partial charge in [0.2, 0.25) is 0 Å². The largest absolute Gasteiger partial charge is 0.279 e. The molecule has 7 heteroatoms. The van der Waals surface area contributed by atoms with Crippen molar-refractivity contribution in [2.45, 2.75) is 11.8 Å². The van der Waals surface area contributed by atoms with Crippen LogP contribution in [0.25, 0.3) is 0 Å². The van der Waals surface area contributed by atoms with E-state index in [1.165, 1.54) is 12.4 Å². The standard InChI is InChI=1S/C12H10Br2N2O2S/c1-8-6-11(14)12(7-10(8)13)19(17,18)16-9-2-4-15-5-3-9/h2-7H,1H3,(H,15,16). The lowest BCUT2D eigenvalue weighted by Gasteiger charge is -2.11. The molecule has 0 aliphatic rings. The molecule has 0 fully saturated rings. The minimum Gasteiger partial charge on any atom is -0.279 e. The number of aromatic nitrogens is 1. The second-order valence-electron chi connectivity index (χ2n) is 3.87. The van der Waals surface area contributed by atoms with Gasteiger partial charge in [0.1, 0.15) is 4.90 Å². The fourth-order valence-electron chi connectivity index (χ4n) is 1.46. The van der Waals surface area contributed by atoms with Crippen LogP contribution in [0.15, 0.2) is 50.5 Å². The number of nitrogens with zero attached hydrogens (tertiary/aromatic N) is 1. The molecular weight excluding hydrogens is 396 g/mol. The molecule has 0 amide bonds. The van der Waals surface area contributed by atoms with Crippen LogP contribution in [0.1, 0.15) is 5.56 Å². The maximum absolute atomic E-state index is 12.3. The Morgan fingerprint density at radius 1 is 1.11 bits per heavy atom. The topological polar surface area (TPSA) is 59.1 Å². The molecule has 4 nitrogen and oxygen atoms in total. The number of hydrogen-bond acceptors (Lipinski definition) is 3. The average molecular weight is 406 g/mol. The number of pyridine rings is 1. The monoisotopic (exact) mass is 404 g/mol. The van der Waals surface area contributed by atoms with Crippen molar-refractivity contribution in [3.8, 4) is 0 Å². The number of rotatable bonds is 3. The van der Waals surface area contributed by atoms with Gasteiger partial charge in [-0.15, -0.1) is 0 Å². The lowest BCUT2D eigenvalue weighted by Crippen LogP contribution is -2.13. The van der Waals surface area contributed by atoms with Crippen molar-refractivity contribution in [2.24, 2.45) is 0 Å². The lowest BCUT2D eigenvalue weighted by atomic mass is 10.2. The molecule has 19 heavy (non-hydrogen) atoms. The summed E-state index contributed by atoms with van der Waals surface area (Å²) in [5, 5.41) is 0. The van der Waals surface area contributed by atoms with Gasteiger partial charge in [-0.1, -0.05) is 15.9 Å². The van der Waals surface area contributed by atoms with E-state index in [1.807, 2.05) is 6.92 Å². The van der Waals surface area contributed by atoms with Crippen molar-refractivity contribution in [1.82, 2.24) is 4.98 Å². The predicted molar refractivity (Wildman–Crippen MR) is 81.6 cm³/mol. The van der Waals surface area contributed by atoms with Crippen LogP contribution < -0.4 is 4.72 Å². The lowest BCUT2D eigenvalue weighted by molar-refractivity contribution is 0.600. The summed E-state index contributed by atoms with van der Waals surface area (Å²) in [6.45, 7) is 1.89. The summed E-state index contributed by atoms with van der Waals surface area (Å²) in [5.74, 6) is 0. The molecule has 100 valence electrons. The van der Waals surface area contributed by atoms with E-state index < -0.39 is 10.0 Å². The van der Waals surface area contributed by atoms with Gasteiger partial charge in [0.15, 0.2) is 0 Å². The average Bonchev–Trinajstić information content (AvgIpc) is 2.34.